The molecule has 0 bridgehead atoms. The minimum Gasteiger partial charge on any atom is -0.450 e. The second-order valence-electron chi connectivity index (χ2n) is 6.71. The molecule has 0 aromatic rings. The van der Waals surface area contributed by atoms with Crippen molar-refractivity contribution < 1.29 is 14.3 Å². The van der Waals surface area contributed by atoms with Gasteiger partial charge in [0.05, 0.1) is 12.7 Å². The molecule has 1 aliphatic carbocycles. The molecule has 112 valence electrons. The average molecular weight is 271 g/mol. The maximum absolute atomic E-state index is 11.4. The maximum atomic E-state index is 11.4. The van der Waals surface area contributed by atoms with E-state index in [1.807, 2.05) is 13.8 Å². The summed E-state index contributed by atoms with van der Waals surface area (Å²) in [4.78, 5) is 11.4. The van der Waals surface area contributed by atoms with E-state index in [9.17, 15) is 4.79 Å². The Balaban J connectivity index is 2.59. The molecule has 0 aromatic heterocycles. The Bertz CT molecular complexity index is 304. The topological polar surface area (TPSA) is 47.6 Å². The summed E-state index contributed by atoms with van der Waals surface area (Å²) >= 11 is 0. The highest BCUT2D eigenvalue weighted by Crippen LogP contribution is 2.46. The molecule has 4 heteroatoms. The van der Waals surface area contributed by atoms with Crippen LogP contribution in [0.5, 0.6) is 0 Å². The highest BCUT2D eigenvalue weighted by molar-refractivity contribution is 5.67. The van der Waals surface area contributed by atoms with Crippen LogP contribution in [0.4, 0.5) is 4.79 Å². The zero-order chi connectivity index (χ0) is 14.5. The highest BCUT2D eigenvalue weighted by Gasteiger charge is 2.41. The van der Waals surface area contributed by atoms with Crippen LogP contribution in [-0.4, -0.2) is 32.0 Å². The van der Waals surface area contributed by atoms with Crippen LogP contribution in [-0.2, 0) is 9.47 Å². The van der Waals surface area contributed by atoms with Gasteiger partial charge in [-0.3, -0.25) is 0 Å². The number of ether oxygens (including phenoxy) is 2. The maximum Gasteiger partial charge on any atom is 0.407 e. The number of carbonyl (C=O) groups is 1. The van der Waals surface area contributed by atoms with Crippen LogP contribution < -0.4 is 5.32 Å². The molecule has 0 aliphatic heterocycles. The first-order chi connectivity index (χ1) is 8.80. The first-order valence-corrected chi connectivity index (χ1v) is 7.32. The molecule has 0 aromatic carbocycles. The minimum absolute atomic E-state index is 0.0777. The quantitative estimate of drug-likeness (QED) is 0.834. The van der Waals surface area contributed by atoms with E-state index in [4.69, 9.17) is 9.47 Å². The number of hydrogen-bond acceptors (Lipinski definition) is 3. The van der Waals surface area contributed by atoms with E-state index in [0.717, 1.165) is 25.9 Å². The summed E-state index contributed by atoms with van der Waals surface area (Å²) < 4.78 is 10.7. The van der Waals surface area contributed by atoms with Crippen molar-refractivity contribution in [3.63, 3.8) is 0 Å². The predicted molar refractivity (Wildman–Crippen MR) is 76.2 cm³/mol. The molecule has 0 radical (unpaired) electrons. The van der Waals surface area contributed by atoms with Crippen molar-refractivity contribution in [2.45, 2.75) is 60.0 Å². The monoisotopic (exact) mass is 271 g/mol. The standard InChI is InChI=1S/C15H29NO3/c1-6-18-12-8-14(3,4)10-15(5,9-12)11-16-13(17)19-7-2/h12H,6-11H2,1-5H3,(H,16,17). The average Bonchev–Trinajstić information content (AvgIpc) is 2.25. The van der Waals surface area contributed by atoms with Gasteiger partial charge in [0.1, 0.15) is 0 Å². The van der Waals surface area contributed by atoms with Gasteiger partial charge < -0.3 is 14.8 Å². The lowest BCUT2D eigenvalue weighted by Gasteiger charge is -2.46. The second kappa shape index (κ2) is 6.60. The summed E-state index contributed by atoms with van der Waals surface area (Å²) in [6.45, 7) is 12.5. The fourth-order valence-electron chi connectivity index (χ4n) is 3.49. The molecule has 0 saturated heterocycles. The number of hydrogen-bond donors (Lipinski definition) is 1. The Morgan fingerprint density at radius 3 is 2.47 bits per heavy atom. The molecule has 1 amide bonds. The predicted octanol–water partition coefficient (Wildman–Crippen LogP) is 3.35. The minimum atomic E-state index is -0.319. The fraction of sp³-hybridized carbons (Fsp3) is 0.933. The van der Waals surface area contributed by atoms with Crippen LogP contribution in [0.25, 0.3) is 0 Å². The van der Waals surface area contributed by atoms with E-state index in [0.29, 0.717) is 19.3 Å². The number of alkyl carbamates (subject to hydrolysis) is 1. The molecule has 0 spiro atoms. The zero-order valence-corrected chi connectivity index (χ0v) is 13.0. The van der Waals surface area contributed by atoms with Crippen molar-refractivity contribution >= 4 is 6.09 Å². The molecule has 19 heavy (non-hydrogen) atoms. The molecule has 4 nitrogen and oxygen atoms in total. The van der Waals surface area contributed by atoms with Gasteiger partial charge in [-0.05, 0) is 43.9 Å². The van der Waals surface area contributed by atoms with Crippen LogP contribution in [0.3, 0.4) is 0 Å². The molecule has 1 saturated carbocycles. The highest BCUT2D eigenvalue weighted by atomic mass is 16.5. The molecular formula is C15H29NO3. The Labute approximate surface area is 117 Å². The lowest BCUT2D eigenvalue weighted by atomic mass is 9.63. The van der Waals surface area contributed by atoms with Crippen LogP contribution in [0, 0.1) is 10.8 Å². The first-order valence-electron chi connectivity index (χ1n) is 7.32. The lowest BCUT2D eigenvalue weighted by Crippen LogP contribution is -2.45. The van der Waals surface area contributed by atoms with Gasteiger partial charge in [0.25, 0.3) is 0 Å². The third kappa shape index (κ3) is 5.39. The number of carbonyl (C=O) groups excluding carboxylic acids is 1. The van der Waals surface area contributed by atoms with Gasteiger partial charge in [0, 0.05) is 13.2 Å². The van der Waals surface area contributed by atoms with Crippen molar-refractivity contribution in [2.75, 3.05) is 19.8 Å². The van der Waals surface area contributed by atoms with Crippen LogP contribution >= 0.6 is 0 Å². The van der Waals surface area contributed by atoms with Gasteiger partial charge >= 0.3 is 6.09 Å². The summed E-state index contributed by atoms with van der Waals surface area (Å²) in [5.41, 5.74) is 0.331. The Morgan fingerprint density at radius 2 is 1.89 bits per heavy atom. The van der Waals surface area contributed by atoms with E-state index < -0.39 is 0 Å². The van der Waals surface area contributed by atoms with Crippen molar-refractivity contribution in [1.82, 2.24) is 5.32 Å². The molecule has 2 atom stereocenters. The Morgan fingerprint density at radius 1 is 1.21 bits per heavy atom. The van der Waals surface area contributed by atoms with E-state index >= 15 is 0 Å². The molecule has 1 rings (SSSR count). The summed E-state index contributed by atoms with van der Waals surface area (Å²) in [5, 5.41) is 2.88. The van der Waals surface area contributed by atoms with Crippen molar-refractivity contribution in [2.24, 2.45) is 10.8 Å². The molecule has 0 heterocycles. The molecule has 1 N–H and O–H groups in total. The van der Waals surface area contributed by atoms with Crippen LogP contribution in [0.2, 0.25) is 0 Å². The van der Waals surface area contributed by atoms with Gasteiger partial charge in [-0.1, -0.05) is 20.8 Å². The normalized spacial score (nSPS) is 29.8. The fourth-order valence-corrected chi connectivity index (χ4v) is 3.49. The third-order valence-electron chi connectivity index (χ3n) is 3.74. The van der Waals surface area contributed by atoms with Crippen molar-refractivity contribution in [1.29, 1.82) is 0 Å². The van der Waals surface area contributed by atoms with Gasteiger partial charge in [-0.2, -0.15) is 0 Å². The Hall–Kier alpha value is -0.770. The molecular weight excluding hydrogens is 242 g/mol. The number of amides is 1. The van der Waals surface area contributed by atoms with Gasteiger partial charge in [0.15, 0.2) is 0 Å². The smallest absolute Gasteiger partial charge is 0.407 e. The van der Waals surface area contributed by atoms with Gasteiger partial charge in [-0.25, -0.2) is 4.79 Å². The zero-order valence-electron chi connectivity index (χ0n) is 13.0. The summed E-state index contributed by atoms with van der Waals surface area (Å²) in [6.07, 6.45) is 3.16. The largest absolute Gasteiger partial charge is 0.450 e. The van der Waals surface area contributed by atoms with Crippen molar-refractivity contribution in [3.05, 3.63) is 0 Å². The van der Waals surface area contributed by atoms with Crippen LogP contribution in [0.15, 0.2) is 0 Å². The summed E-state index contributed by atoms with van der Waals surface area (Å²) in [5.74, 6) is 0. The van der Waals surface area contributed by atoms with Gasteiger partial charge in [-0.15, -0.1) is 0 Å². The van der Waals surface area contributed by atoms with E-state index in [-0.39, 0.29) is 16.9 Å². The third-order valence-corrected chi connectivity index (χ3v) is 3.74. The molecule has 1 fully saturated rings. The molecule has 1 aliphatic rings. The number of nitrogens with one attached hydrogen (secondary N) is 1. The summed E-state index contributed by atoms with van der Waals surface area (Å²) in [7, 11) is 0. The van der Waals surface area contributed by atoms with Gasteiger partial charge in [0.2, 0.25) is 0 Å². The van der Waals surface area contributed by atoms with Crippen LogP contribution in [0.1, 0.15) is 53.9 Å². The summed E-state index contributed by atoms with van der Waals surface area (Å²) in [6, 6.07) is 0. The molecule has 2 unspecified atom stereocenters. The SMILES string of the molecule is CCOC(=O)NCC1(C)CC(OCC)CC(C)(C)C1. The van der Waals surface area contributed by atoms with E-state index in [1.165, 1.54) is 0 Å². The van der Waals surface area contributed by atoms with E-state index in [1.54, 1.807) is 0 Å². The number of rotatable bonds is 5. The second-order valence-corrected chi connectivity index (χ2v) is 6.71. The van der Waals surface area contributed by atoms with Crippen molar-refractivity contribution in [3.8, 4) is 0 Å². The van der Waals surface area contributed by atoms with E-state index in [2.05, 4.69) is 26.1 Å². The Kier molecular flexibility index (Phi) is 5.65. The lowest BCUT2D eigenvalue weighted by molar-refractivity contribution is -0.0496. The first kappa shape index (κ1) is 16.3.